The number of unbranched alkanes of at least 4 members (excludes halogenated alkanes) is 15. The number of hydrogen-bond acceptors (Lipinski definition) is 1. The first kappa shape index (κ1) is 32.8. The summed E-state index contributed by atoms with van der Waals surface area (Å²) in [6.45, 7) is 12.1. The van der Waals surface area contributed by atoms with E-state index in [-0.39, 0.29) is 17.0 Å². The number of hydrogen-bond donors (Lipinski definition) is 1. The first-order valence-corrected chi connectivity index (χ1v) is 16.8. The SMILES string of the molecule is Br.CCCCCCCCCCCCCCCCCCNCCC[Si](CC)(CC)CC. The fourth-order valence-electron chi connectivity index (χ4n) is 4.79. The van der Waals surface area contributed by atoms with Gasteiger partial charge in [0.2, 0.25) is 0 Å². The van der Waals surface area contributed by atoms with Gasteiger partial charge in [-0.25, -0.2) is 0 Å². The van der Waals surface area contributed by atoms with Crippen molar-refractivity contribution in [3.63, 3.8) is 0 Å². The van der Waals surface area contributed by atoms with E-state index in [4.69, 9.17) is 0 Å². The highest BCUT2D eigenvalue weighted by Gasteiger charge is 2.25. The Morgan fingerprint density at radius 1 is 0.433 bits per heavy atom. The van der Waals surface area contributed by atoms with Crippen molar-refractivity contribution in [1.82, 2.24) is 5.32 Å². The Labute approximate surface area is 204 Å². The molecule has 0 aromatic heterocycles. The molecule has 30 heavy (non-hydrogen) atoms. The van der Waals surface area contributed by atoms with Gasteiger partial charge < -0.3 is 5.32 Å². The maximum atomic E-state index is 3.70. The van der Waals surface area contributed by atoms with E-state index in [2.05, 4.69) is 33.0 Å². The van der Waals surface area contributed by atoms with Crippen molar-refractivity contribution in [3.8, 4) is 0 Å². The van der Waals surface area contributed by atoms with Gasteiger partial charge in [0, 0.05) is 0 Å². The summed E-state index contributed by atoms with van der Waals surface area (Å²) in [5, 5.41) is 3.70. The van der Waals surface area contributed by atoms with E-state index in [1.807, 2.05) is 0 Å². The van der Waals surface area contributed by atoms with Crippen molar-refractivity contribution in [1.29, 1.82) is 0 Å². The quantitative estimate of drug-likeness (QED) is 0.101. The molecule has 0 amide bonds. The van der Waals surface area contributed by atoms with Gasteiger partial charge in [-0.2, -0.15) is 0 Å². The fourth-order valence-corrected chi connectivity index (χ4v) is 8.28. The first-order chi connectivity index (χ1) is 14.2. The second-order valence-electron chi connectivity index (χ2n) is 9.72. The lowest BCUT2D eigenvalue weighted by molar-refractivity contribution is 0.525. The van der Waals surface area contributed by atoms with Crippen LogP contribution in [-0.4, -0.2) is 21.2 Å². The Balaban J connectivity index is 0. The average Bonchev–Trinajstić information content (AvgIpc) is 2.75. The van der Waals surface area contributed by atoms with E-state index < -0.39 is 8.07 Å². The van der Waals surface area contributed by atoms with Crippen LogP contribution < -0.4 is 5.32 Å². The molecule has 0 fully saturated rings. The molecule has 0 unspecified atom stereocenters. The Morgan fingerprint density at radius 3 is 1.13 bits per heavy atom. The topological polar surface area (TPSA) is 12.0 Å². The fraction of sp³-hybridized carbons (Fsp3) is 1.00. The molecule has 0 aliphatic heterocycles. The standard InChI is InChI=1S/C27H59NSi.BrH/c1-5-9-10-11-12-13-14-15-16-17-18-19-20-21-22-23-25-28-26-24-27-29(6-2,7-3)8-4;/h28H,5-27H2,1-4H3;1H. The molecule has 0 spiro atoms. The lowest BCUT2D eigenvalue weighted by Crippen LogP contribution is -2.32. The van der Waals surface area contributed by atoms with Crippen molar-refractivity contribution < 1.29 is 0 Å². The van der Waals surface area contributed by atoms with Gasteiger partial charge in [-0.1, -0.05) is 148 Å². The van der Waals surface area contributed by atoms with Crippen LogP contribution in [0.15, 0.2) is 0 Å². The number of halogens is 1. The van der Waals surface area contributed by atoms with E-state index in [0.717, 1.165) is 0 Å². The van der Waals surface area contributed by atoms with Crippen LogP contribution in [0, 0.1) is 0 Å². The van der Waals surface area contributed by atoms with Gasteiger partial charge in [-0.05, 0) is 25.9 Å². The Bertz CT molecular complexity index is 299. The number of rotatable bonds is 24. The third-order valence-electron chi connectivity index (χ3n) is 7.52. The molecule has 0 saturated carbocycles. The van der Waals surface area contributed by atoms with Gasteiger partial charge >= 0.3 is 0 Å². The van der Waals surface area contributed by atoms with Crippen molar-refractivity contribution in [2.75, 3.05) is 13.1 Å². The zero-order valence-electron chi connectivity index (χ0n) is 21.7. The molecular weight excluding hydrogens is 446 g/mol. The average molecular weight is 507 g/mol. The molecule has 184 valence electrons. The first-order valence-electron chi connectivity index (χ1n) is 13.9. The number of nitrogens with one attached hydrogen (secondary N) is 1. The Kier molecular flexibility index (Phi) is 28.4. The normalized spacial score (nSPS) is 11.6. The highest BCUT2D eigenvalue weighted by molar-refractivity contribution is 8.93. The van der Waals surface area contributed by atoms with Gasteiger partial charge in [0.25, 0.3) is 0 Å². The van der Waals surface area contributed by atoms with Crippen LogP contribution in [0.5, 0.6) is 0 Å². The van der Waals surface area contributed by atoms with Gasteiger partial charge in [0.05, 0.1) is 8.07 Å². The third kappa shape index (κ3) is 20.6. The van der Waals surface area contributed by atoms with Gasteiger partial charge in [-0.15, -0.1) is 17.0 Å². The minimum Gasteiger partial charge on any atom is -0.317 e. The van der Waals surface area contributed by atoms with Crippen LogP contribution in [0.3, 0.4) is 0 Å². The van der Waals surface area contributed by atoms with Crippen molar-refractivity contribution in [2.45, 2.75) is 161 Å². The summed E-state index contributed by atoms with van der Waals surface area (Å²) in [6.07, 6.45) is 24.8. The van der Waals surface area contributed by atoms with E-state index in [9.17, 15) is 0 Å². The van der Waals surface area contributed by atoms with Crippen LogP contribution >= 0.6 is 17.0 Å². The predicted molar refractivity (Wildman–Crippen MR) is 149 cm³/mol. The summed E-state index contributed by atoms with van der Waals surface area (Å²) in [4.78, 5) is 0. The molecular formula is C27H60BrNSi. The van der Waals surface area contributed by atoms with Crippen LogP contribution in [-0.2, 0) is 0 Å². The Hall–Kier alpha value is 0.657. The van der Waals surface area contributed by atoms with Crippen molar-refractivity contribution >= 4 is 25.1 Å². The highest BCUT2D eigenvalue weighted by atomic mass is 79.9. The Morgan fingerprint density at radius 2 is 0.767 bits per heavy atom. The minimum atomic E-state index is -0.871. The molecule has 0 aliphatic carbocycles. The van der Waals surface area contributed by atoms with Crippen molar-refractivity contribution in [2.24, 2.45) is 0 Å². The summed E-state index contributed by atoms with van der Waals surface area (Å²) >= 11 is 0. The molecule has 0 bridgehead atoms. The molecule has 0 atom stereocenters. The second-order valence-corrected chi connectivity index (χ2v) is 15.3. The lowest BCUT2D eigenvalue weighted by Gasteiger charge is -2.28. The maximum Gasteiger partial charge on any atom is 0.0528 e. The zero-order valence-corrected chi connectivity index (χ0v) is 24.4. The largest absolute Gasteiger partial charge is 0.317 e. The molecule has 3 heteroatoms. The minimum absolute atomic E-state index is 0. The van der Waals surface area contributed by atoms with Gasteiger partial charge in [0.15, 0.2) is 0 Å². The van der Waals surface area contributed by atoms with E-state index in [1.165, 1.54) is 140 Å². The second kappa shape index (κ2) is 25.9. The van der Waals surface area contributed by atoms with Crippen molar-refractivity contribution in [3.05, 3.63) is 0 Å². The molecule has 0 aromatic carbocycles. The predicted octanol–water partition coefficient (Wildman–Crippen LogP) is 10.3. The van der Waals surface area contributed by atoms with Crippen LogP contribution in [0.1, 0.15) is 137 Å². The van der Waals surface area contributed by atoms with E-state index >= 15 is 0 Å². The van der Waals surface area contributed by atoms with Gasteiger partial charge in [-0.3, -0.25) is 0 Å². The van der Waals surface area contributed by atoms with Gasteiger partial charge in [0.1, 0.15) is 0 Å². The molecule has 0 aromatic rings. The molecule has 0 rings (SSSR count). The highest BCUT2D eigenvalue weighted by Crippen LogP contribution is 2.26. The maximum absolute atomic E-state index is 3.70. The lowest BCUT2D eigenvalue weighted by atomic mass is 10.0. The molecule has 0 heterocycles. The summed E-state index contributed by atoms with van der Waals surface area (Å²) in [7, 11) is -0.871. The molecule has 0 radical (unpaired) electrons. The van der Waals surface area contributed by atoms with E-state index in [1.54, 1.807) is 6.04 Å². The molecule has 0 aliphatic rings. The monoisotopic (exact) mass is 505 g/mol. The molecule has 1 nitrogen and oxygen atoms in total. The van der Waals surface area contributed by atoms with Crippen LogP contribution in [0.2, 0.25) is 24.2 Å². The summed E-state index contributed by atoms with van der Waals surface area (Å²) in [5.41, 5.74) is 0. The summed E-state index contributed by atoms with van der Waals surface area (Å²) < 4.78 is 0. The summed E-state index contributed by atoms with van der Waals surface area (Å²) in [6, 6.07) is 6.00. The molecule has 0 saturated heterocycles. The molecule has 1 N–H and O–H groups in total. The zero-order chi connectivity index (χ0) is 21.5. The summed E-state index contributed by atoms with van der Waals surface area (Å²) in [5.74, 6) is 0. The van der Waals surface area contributed by atoms with E-state index in [0.29, 0.717) is 0 Å². The third-order valence-corrected chi connectivity index (χ3v) is 13.4. The smallest absolute Gasteiger partial charge is 0.0528 e. The van der Waals surface area contributed by atoms with Crippen LogP contribution in [0.4, 0.5) is 0 Å². The van der Waals surface area contributed by atoms with Crippen LogP contribution in [0.25, 0.3) is 0 Å².